The summed E-state index contributed by atoms with van der Waals surface area (Å²) in [5, 5.41) is 0.756. The predicted octanol–water partition coefficient (Wildman–Crippen LogP) is 3.47. The average molecular weight is 280 g/mol. The van der Waals surface area contributed by atoms with Crippen molar-refractivity contribution in [1.29, 1.82) is 0 Å². The van der Waals surface area contributed by atoms with E-state index in [0.29, 0.717) is 6.04 Å². The first-order chi connectivity index (χ1) is 9.28. The van der Waals surface area contributed by atoms with Crippen LogP contribution >= 0.6 is 11.6 Å². The van der Waals surface area contributed by atoms with Crippen molar-refractivity contribution in [2.24, 2.45) is 10.8 Å². The molecule has 1 aliphatic carbocycles. The Morgan fingerprint density at radius 2 is 1.79 bits per heavy atom. The second-order valence-electron chi connectivity index (χ2n) is 5.17. The number of hydrazine groups is 1. The van der Waals surface area contributed by atoms with Crippen LogP contribution in [0.3, 0.4) is 0 Å². The first-order valence-corrected chi connectivity index (χ1v) is 7.43. The van der Waals surface area contributed by atoms with Crippen LogP contribution in [-0.2, 0) is 6.42 Å². The summed E-state index contributed by atoms with van der Waals surface area (Å²) in [4.78, 5) is 4.78. The van der Waals surface area contributed by atoms with Gasteiger partial charge in [-0.1, -0.05) is 49.4 Å². The minimum Gasteiger partial charge on any atom is -0.312 e. The summed E-state index contributed by atoms with van der Waals surface area (Å²) in [5.74, 6) is 6.47. The molecule has 4 heteroatoms. The third-order valence-electron chi connectivity index (χ3n) is 3.61. The number of hydrogen-bond donors (Lipinski definition) is 2. The molecule has 0 saturated heterocycles. The highest BCUT2D eigenvalue weighted by atomic mass is 35.5. The minimum absolute atomic E-state index is 0.431. The number of rotatable bonds is 3. The van der Waals surface area contributed by atoms with Gasteiger partial charge in [-0.2, -0.15) is 0 Å². The lowest BCUT2D eigenvalue weighted by atomic mass is 10.1. The van der Waals surface area contributed by atoms with Gasteiger partial charge in [0.25, 0.3) is 0 Å². The van der Waals surface area contributed by atoms with Crippen LogP contribution in [0.4, 0.5) is 0 Å². The van der Waals surface area contributed by atoms with Gasteiger partial charge in [-0.25, -0.2) is 5.84 Å². The lowest BCUT2D eigenvalue weighted by Crippen LogP contribution is -2.33. The number of aliphatic imine (C=N–C) groups is 1. The molecule has 2 rings (SSSR count). The summed E-state index contributed by atoms with van der Waals surface area (Å²) in [6.07, 6.45) is 8.37. The molecule has 1 aliphatic rings. The number of nitrogens with two attached hydrogens (primary N) is 1. The average Bonchev–Trinajstić information content (AvgIpc) is 2.69. The van der Waals surface area contributed by atoms with E-state index in [1.807, 2.05) is 24.3 Å². The van der Waals surface area contributed by atoms with Crippen LogP contribution in [0.25, 0.3) is 0 Å². The molecule has 104 valence electrons. The zero-order valence-electron chi connectivity index (χ0n) is 11.2. The molecule has 0 atom stereocenters. The first kappa shape index (κ1) is 14.4. The van der Waals surface area contributed by atoms with Crippen molar-refractivity contribution in [2.75, 3.05) is 0 Å². The number of benzene rings is 1. The number of halogens is 1. The van der Waals surface area contributed by atoms with Gasteiger partial charge in [0.05, 0.1) is 6.04 Å². The Morgan fingerprint density at radius 3 is 2.37 bits per heavy atom. The summed E-state index contributed by atoms with van der Waals surface area (Å²) in [6.45, 7) is 0. The second-order valence-corrected chi connectivity index (χ2v) is 5.61. The zero-order chi connectivity index (χ0) is 13.5. The molecule has 3 nitrogen and oxygen atoms in total. The Morgan fingerprint density at radius 1 is 1.16 bits per heavy atom. The first-order valence-electron chi connectivity index (χ1n) is 7.05. The number of nitrogens with zero attached hydrogens (tertiary/aromatic N) is 1. The fourth-order valence-corrected chi connectivity index (χ4v) is 2.66. The molecule has 1 aromatic carbocycles. The van der Waals surface area contributed by atoms with E-state index >= 15 is 0 Å². The van der Waals surface area contributed by atoms with Crippen molar-refractivity contribution in [3.8, 4) is 0 Å². The summed E-state index contributed by atoms with van der Waals surface area (Å²) in [7, 11) is 0. The molecule has 0 aromatic heterocycles. The molecular weight excluding hydrogens is 258 g/mol. The molecule has 3 N–H and O–H groups in total. The Kier molecular flexibility index (Phi) is 5.67. The van der Waals surface area contributed by atoms with E-state index in [0.717, 1.165) is 17.3 Å². The standard InChI is InChI=1S/C15H22ClN3/c16-13-9-7-12(8-10-13)11-15(19-17)18-14-5-3-1-2-4-6-14/h7-10,14H,1-6,11,17H2,(H,18,19). The van der Waals surface area contributed by atoms with E-state index in [-0.39, 0.29) is 0 Å². The van der Waals surface area contributed by atoms with Crippen molar-refractivity contribution < 1.29 is 0 Å². The van der Waals surface area contributed by atoms with Crippen LogP contribution in [-0.4, -0.2) is 11.9 Å². The lowest BCUT2D eigenvalue weighted by Gasteiger charge is -2.12. The molecule has 1 fully saturated rings. The van der Waals surface area contributed by atoms with Crippen molar-refractivity contribution in [1.82, 2.24) is 5.43 Å². The third kappa shape index (κ3) is 4.84. The Bertz CT molecular complexity index is 406. The molecular formula is C15H22ClN3. The van der Waals surface area contributed by atoms with E-state index in [1.54, 1.807) is 0 Å². The van der Waals surface area contributed by atoms with Crippen molar-refractivity contribution in [3.63, 3.8) is 0 Å². The van der Waals surface area contributed by atoms with Crippen LogP contribution in [0.15, 0.2) is 29.3 Å². The maximum Gasteiger partial charge on any atom is 0.115 e. The second kappa shape index (κ2) is 7.51. The van der Waals surface area contributed by atoms with Crippen molar-refractivity contribution in [2.45, 2.75) is 51.0 Å². The van der Waals surface area contributed by atoms with Crippen LogP contribution < -0.4 is 11.3 Å². The van der Waals surface area contributed by atoms with Gasteiger partial charge in [0.15, 0.2) is 0 Å². The van der Waals surface area contributed by atoms with E-state index in [9.17, 15) is 0 Å². The largest absolute Gasteiger partial charge is 0.312 e. The number of hydrogen-bond acceptors (Lipinski definition) is 2. The van der Waals surface area contributed by atoms with Gasteiger partial charge in [0.1, 0.15) is 5.84 Å². The van der Waals surface area contributed by atoms with Crippen molar-refractivity contribution in [3.05, 3.63) is 34.9 Å². The molecule has 0 unspecified atom stereocenters. The third-order valence-corrected chi connectivity index (χ3v) is 3.87. The molecule has 0 heterocycles. The quantitative estimate of drug-likeness (QED) is 0.293. The fourth-order valence-electron chi connectivity index (χ4n) is 2.54. The normalized spacial score (nSPS) is 18.1. The van der Waals surface area contributed by atoms with Crippen molar-refractivity contribution >= 4 is 17.4 Å². The maximum atomic E-state index is 5.89. The molecule has 19 heavy (non-hydrogen) atoms. The molecule has 0 amide bonds. The topological polar surface area (TPSA) is 50.4 Å². The monoisotopic (exact) mass is 279 g/mol. The van der Waals surface area contributed by atoms with Gasteiger partial charge in [-0.15, -0.1) is 0 Å². The van der Waals surface area contributed by atoms with Gasteiger partial charge < -0.3 is 5.43 Å². The SMILES string of the molecule is NNC(Cc1ccc(Cl)cc1)=NC1CCCCCC1. The van der Waals surface area contributed by atoms with E-state index < -0.39 is 0 Å². The zero-order valence-corrected chi connectivity index (χ0v) is 12.0. The van der Waals surface area contributed by atoms with Gasteiger partial charge >= 0.3 is 0 Å². The van der Waals surface area contributed by atoms with Gasteiger partial charge in [0, 0.05) is 11.4 Å². The highest BCUT2D eigenvalue weighted by molar-refractivity contribution is 6.30. The molecule has 1 saturated carbocycles. The van der Waals surface area contributed by atoms with E-state index in [4.69, 9.17) is 22.4 Å². The lowest BCUT2D eigenvalue weighted by molar-refractivity contribution is 0.581. The molecule has 0 bridgehead atoms. The number of nitrogens with one attached hydrogen (secondary N) is 1. The fraction of sp³-hybridized carbons (Fsp3) is 0.533. The van der Waals surface area contributed by atoms with Crippen LogP contribution in [0.1, 0.15) is 44.1 Å². The highest BCUT2D eigenvalue weighted by Gasteiger charge is 2.12. The number of amidine groups is 1. The smallest absolute Gasteiger partial charge is 0.115 e. The van der Waals surface area contributed by atoms with Gasteiger partial charge in [0.2, 0.25) is 0 Å². The molecule has 1 aromatic rings. The van der Waals surface area contributed by atoms with Gasteiger partial charge in [-0.3, -0.25) is 4.99 Å². The summed E-state index contributed by atoms with van der Waals surface area (Å²) in [5.41, 5.74) is 3.93. The summed E-state index contributed by atoms with van der Waals surface area (Å²) < 4.78 is 0. The molecule has 0 radical (unpaired) electrons. The van der Waals surface area contributed by atoms with Crippen LogP contribution in [0, 0.1) is 0 Å². The summed E-state index contributed by atoms with van der Waals surface area (Å²) in [6, 6.07) is 8.26. The maximum absolute atomic E-state index is 5.89. The van der Waals surface area contributed by atoms with Gasteiger partial charge in [-0.05, 0) is 30.5 Å². The summed E-state index contributed by atoms with van der Waals surface area (Å²) >= 11 is 5.89. The minimum atomic E-state index is 0.431. The Balaban J connectivity index is 1.99. The van der Waals surface area contributed by atoms with Crippen LogP contribution in [0.5, 0.6) is 0 Å². The Hall–Kier alpha value is -1.06. The van der Waals surface area contributed by atoms with E-state index in [1.165, 1.54) is 44.1 Å². The Labute approximate surface area is 120 Å². The van der Waals surface area contributed by atoms with E-state index in [2.05, 4.69) is 5.43 Å². The highest BCUT2D eigenvalue weighted by Crippen LogP contribution is 2.20. The predicted molar refractivity (Wildman–Crippen MR) is 81.4 cm³/mol. The molecule has 0 aliphatic heterocycles. The molecule has 0 spiro atoms. The van der Waals surface area contributed by atoms with Crippen LogP contribution in [0.2, 0.25) is 5.02 Å².